The largest absolute Gasteiger partial charge is 0.0988 e. The Morgan fingerprint density at radius 3 is 1.61 bits per heavy atom. The van der Waals surface area contributed by atoms with Crippen molar-refractivity contribution in [3.05, 3.63) is 72.9 Å². The molecule has 0 heteroatoms. The molecular weight excluding hydrogens is 216 g/mol. The van der Waals surface area contributed by atoms with Gasteiger partial charge in [0.2, 0.25) is 0 Å². The molecule has 0 N–H and O–H groups in total. The summed E-state index contributed by atoms with van der Waals surface area (Å²) in [6.45, 7) is 3.72. The normalized spacial score (nSPS) is 18.6. The summed E-state index contributed by atoms with van der Waals surface area (Å²) >= 11 is 0. The Morgan fingerprint density at radius 1 is 0.833 bits per heavy atom. The number of allylic oxidation sites excluding steroid dienone is 11. The van der Waals surface area contributed by atoms with Gasteiger partial charge in [-0.05, 0) is 38.5 Å². The highest BCUT2D eigenvalue weighted by Gasteiger charge is 1.97. The molecule has 0 aliphatic heterocycles. The maximum Gasteiger partial charge on any atom is -0.0163 e. The summed E-state index contributed by atoms with van der Waals surface area (Å²) in [5, 5.41) is 0. The summed E-state index contributed by atoms with van der Waals surface area (Å²) in [6, 6.07) is 0. The third-order valence-corrected chi connectivity index (χ3v) is 2.90. The van der Waals surface area contributed by atoms with Crippen LogP contribution in [0.3, 0.4) is 0 Å². The van der Waals surface area contributed by atoms with Crippen LogP contribution < -0.4 is 0 Å². The van der Waals surface area contributed by atoms with Crippen LogP contribution in [-0.2, 0) is 0 Å². The highest BCUT2D eigenvalue weighted by Crippen LogP contribution is 2.16. The molecule has 0 amide bonds. The molecule has 0 atom stereocenters. The lowest BCUT2D eigenvalue weighted by molar-refractivity contribution is 0.712. The Hall–Kier alpha value is -1.56. The molecule has 0 aromatic heterocycles. The van der Waals surface area contributed by atoms with E-state index in [0.29, 0.717) is 0 Å². The average molecular weight is 240 g/mol. The second-order valence-corrected chi connectivity index (χ2v) is 4.41. The second-order valence-electron chi connectivity index (χ2n) is 4.41. The second kappa shape index (κ2) is 10.6. The van der Waals surface area contributed by atoms with Crippen molar-refractivity contribution in [3.63, 3.8) is 0 Å². The van der Waals surface area contributed by atoms with Crippen LogP contribution in [0, 0.1) is 0 Å². The zero-order valence-electron chi connectivity index (χ0n) is 11.2. The molecule has 0 bridgehead atoms. The number of rotatable bonds is 1. The first-order chi connectivity index (χ1) is 8.93. The Bertz CT molecular complexity index is 319. The average Bonchev–Trinajstić information content (AvgIpc) is 3.17. The Morgan fingerprint density at radius 2 is 1.39 bits per heavy atom. The van der Waals surface area contributed by atoms with Gasteiger partial charge in [0.05, 0.1) is 0 Å². The molecule has 0 heterocycles. The van der Waals surface area contributed by atoms with E-state index in [1.807, 2.05) is 6.08 Å². The van der Waals surface area contributed by atoms with Crippen LogP contribution in [0.5, 0.6) is 0 Å². The minimum absolute atomic E-state index is 1.14. The van der Waals surface area contributed by atoms with E-state index in [9.17, 15) is 0 Å². The van der Waals surface area contributed by atoms with Gasteiger partial charge in [0.15, 0.2) is 0 Å². The Kier molecular flexibility index (Phi) is 8.53. The SMILES string of the molecule is C1=CCC=C1.C1=CCC=C1.C=CC1=CCCCC1. The zero-order chi connectivity index (χ0) is 12.9. The highest BCUT2D eigenvalue weighted by atomic mass is 14.0. The predicted molar refractivity (Wildman–Crippen MR) is 82.5 cm³/mol. The van der Waals surface area contributed by atoms with E-state index in [1.54, 1.807) is 0 Å². The van der Waals surface area contributed by atoms with Gasteiger partial charge in [-0.3, -0.25) is 0 Å². The molecule has 3 aliphatic carbocycles. The van der Waals surface area contributed by atoms with Gasteiger partial charge in [-0.15, -0.1) is 0 Å². The van der Waals surface area contributed by atoms with Crippen LogP contribution in [0.25, 0.3) is 0 Å². The van der Waals surface area contributed by atoms with E-state index in [1.165, 1.54) is 31.3 Å². The lowest BCUT2D eigenvalue weighted by Gasteiger charge is -2.06. The van der Waals surface area contributed by atoms with Crippen LogP contribution in [0.1, 0.15) is 38.5 Å². The molecule has 0 aromatic rings. The molecule has 0 fully saturated rings. The van der Waals surface area contributed by atoms with Crippen molar-refractivity contribution in [1.29, 1.82) is 0 Å². The van der Waals surface area contributed by atoms with Gasteiger partial charge in [-0.1, -0.05) is 72.9 Å². The van der Waals surface area contributed by atoms with E-state index in [2.05, 4.69) is 61.3 Å². The lowest BCUT2D eigenvalue weighted by atomic mass is 10.0. The number of hydrogen-bond acceptors (Lipinski definition) is 0. The van der Waals surface area contributed by atoms with Crippen LogP contribution in [0.2, 0.25) is 0 Å². The third kappa shape index (κ3) is 7.67. The van der Waals surface area contributed by atoms with Gasteiger partial charge >= 0.3 is 0 Å². The zero-order valence-corrected chi connectivity index (χ0v) is 11.2. The molecule has 0 aromatic carbocycles. The van der Waals surface area contributed by atoms with Gasteiger partial charge in [0.1, 0.15) is 0 Å². The van der Waals surface area contributed by atoms with Gasteiger partial charge in [-0.25, -0.2) is 0 Å². The van der Waals surface area contributed by atoms with Crippen LogP contribution in [-0.4, -0.2) is 0 Å². The molecule has 3 rings (SSSR count). The Balaban J connectivity index is 0.000000141. The maximum atomic E-state index is 3.72. The molecular formula is C18H24. The summed E-state index contributed by atoms with van der Waals surface area (Å²) in [6.07, 6.45) is 28.5. The van der Waals surface area contributed by atoms with E-state index in [4.69, 9.17) is 0 Å². The molecule has 3 aliphatic rings. The van der Waals surface area contributed by atoms with Crippen molar-refractivity contribution >= 4 is 0 Å². The van der Waals surface area contributed by atoms with Crippen molar-refractivity contribution < 1.29 is 0 Å². The van der Waals surface area contributed by atoms with Crippen LogP contribution >= 0.6 is 0 Å². The first-order valence-corrected chi connectivity index (χ1v) is 6.88. The molecule has 0 saturated heterocycles. The van der Waals surface area contributed by atoms with E-state index in [-0.39, 0.29) is 0 Å². The van der Waals surface area contributed by atoms with Crippen LogP contribution in [0.4, 0.5) is 0 Å². The van der Waals surface area contributed by atoms with E-state index >= 15 is 0 Å². The first-order valence-electron chi connectivity index (χ1n) is 6.88. The fourth-order valence-electron chi connectivity index (χ4n) is 1.83. The molecule has 0 radical (unpaired) electrons. The van der Waals surface area contributed by atoms with Gasteiger partial charge < -0.3 is 0 Å². The predicted octanol–water partition coefficient (Wildman–Crippen LogP) is 5.68. The van der Waals surface area contributed by atoms with Crippen molar-refractivity contribution in [2.24, 2.45) is 0 Å². The van der Waals surface area contributed by atoms with Crippen LogP contribution in [0.15, 0.2) is 72.9 Å². The van der Waals surface area contributed by atoms with Gasteiger partial charge in [0, 0.05) is 0 Å². The van der Waals surface area contributed by atoms with Crippen molar-refractivity contribution in [2.75, 3.05) is 0 Å². The van der Waals surface area contributed by atoms with Gasteiger partial charge in [0.25, 0.3) is 0 Å². The first kappa shape index (κ1) is 14.5. The number of hydrogen-bond donors (Lipinski definition) is 0. The monoisotopic (exact) mass is 240 g/mol. The fourth-order valence-corrected chi connectivity index (χ4v) is 1.83. The lowest BCUT2D eigenvalue weighted by Crippen LogP contribution is -1.86. The van der Waals surface area contributed by atoms with Crippen molar-refractivity contribution in [1.82, 2.24) is 0 Å². The molecule has 0 nitrogen and oxygen atoms in total. The highest BCUT2D eigenvalue weighted by molar-refractivity contribution is 5.17. The summed E-state index contributed by atoms with van der Waals surface area (Å²) in [5.74, 6) is 0. The fraction of sp³-hybridized carbons (Fsp3) is 0.333. The molecule has 0 saturated carbocycles. The minimum Gasteiger partial charge on any atom is -0.0988 e. The quantitative estimate of drug-likeness (QED) is 0.553. The third-order valence-electron chi connectivity index (χ3n) is 2.90. The smallest absolute Gasteiger partial charge is 0.0163 e. The van der Waals surface area contributed by atoms with Crippen molar-refractivity contribution in [2.45, 2.75) is 38.5 Å². The molecule has 0 unspecified atom stereocenters. The summed E-state index contributed by atoms with van der Waals surface area (Å²) in [7, 11) is 0. The Labute approximate surface area is 112 Å². The summed E-state index contributed by atoms with van der Waals surface area (Å²) < 4.78 is 0. The van der Waals surface area contributed by atoms with E-state index < -0.39 is 0 Å². The minimum atomic E-state index is 1.14. The molecule has 0 spiro atoms. The summed E-state index contributed by atoms with van der Waals surface area (Å²) in [5.41, 5.74) is 1.44. The standard InChI is InChI=1S/C8H12.2C5H6/c1-2-8-6-4-3-5-7-8;2*1-2-4-5-3-1/h2,6H,1,3-5,7H2;2*1-4H,5H2. The van der Waals surface area contributed by atoms with Crippen molar-refractivity contribution in [3.8, 4) is 0 Å². The maximum absolute atomic E-state index is 3.72. The van der Waals surface area contributed by atoms with E-state index in [0.717, 1.165) is 12.8 Å². The molecule has 18 heavy (non-hydrogen) atoms. The topological polar surface area (TPSA) is 0 Å². The summed E-state index contributed by atoms with van der Waals surface area (Å²) in [4.78, 5) is 0. The molecule has 96 valence electrons. The van der Waals surface area contributed by atoms with Gasteiger partial charge in [-0.2, -0.15) is 0 Å².